The van der Waals surface area contributed by atoms with E-state index < -0.39 is 6.61 Å². The number of hydrogen-bond donors (Lipinski definition) is 0. The molecule has 7 nitrogen and oxygen atoms in total. The molecule has 0 radical (unpaired) electrons. The molecule has 0 aliphatic heterocycles. The van der Waals surface area contributed by atoms with Gasteiger partial charge < -0.3 is 9.47 Å². The third kappa shape index (κ3) is 4.38. The second-order valence-electron chi connectivity index (χ2n) is 4.95. The summed E-state index contributed by atoms with van der Waals surface area (Å²) in [5.74, 6) is 0.219. The van der Waals surface area contributed by atoms with Gasteiger partial charge in [0.15, 0.2) is 0 Å². The number of aryl methyl sites for hydroxylation is 1. The summed E-state index contributed by atoms with van der Waals surface area (Å²) in [5, 5.41) is 15.7. The maximum atomic E-state index is 12.4. The van der Waals surface area contributed by atoms with Crippen molar-refractivity contribution in [3.05, 3.63) is 52.9 Å². The van der Waals surface area contributed by atoms with Gasteiger partial charge in [-0.25, -0.2) is 4.68 Å². The molecular weight excluding hydrogens is 356 g/mol. The Kier molecular flexibility index (Phi) is 5.03. The minimum absolute atomic E-state index is 0.0747. The Labute approximate surface area is 146 Å². The molecule has 130 valence electrons. The molecule has 25 heavy (non-hydrogen) atoms. The van der Waals surface area contributed by atoms with Crippen LogP contribution in [0.4, 0.5) is 8.78 Å². The van der Waals surface area contributed by atoms with Crippen LogP contribution in [0.15, 0.2) is 36.5 Å². The number of alkyl halides is 2. The van der Waals surface area contributed by atoms with Gasteiger partial charge in [-0.3, -0.25) is 0 Å². The van der Waals surface area contributed by atoms with Gasteiger partial charge in [0.1, 0.15) is 18.1 Å². The lowest BCUT2D eigenvalue weighted by Crippen LogP contribution is -2.03. The van der Waals surface area contributed by atoms with Gasteiger partial charge in [-0.05, 0) is 25.1 Å². The first-order valence-electron chi connectivity index (χ1n) is 7.10. The topological polar surface area (TPSA) is 75.0 Å². The van der Waals surface area contributed by atoms with Crippen LogP contribution in [0, 0.1) is 6.92 Å². The van der Waals surface area contributed by atoms with Crippen molar-refractivity contribution < 1.29 is 18.3 Å². The minimum atomic E-state index is -2.97. The van der Waals surface area contributed by atoms with Crippen molar-refractivity contribution in [3.8, 4) is 17.3 Å². The van der Waals surface area contributed by atoms with Crippen LogP contribution >= 0.6 is 11.6 Å². The Morgan fingerprint density at radius 2 is 2.00 bits per heavy atom. The van der Waals surface area contributed by atoms with Gasteiger partial charge in [0, 0.05) is 12.1 Å². The average molecular weight is 368 g/mol. The number of hydrogen-bond acceptors (Lipinski definition) is 6. The predicted molar refractivity (Wildman–Crippen MR) is 84.1 cm³/mol. The van der Waals surface area contributed by atoms with Gasteiger partial charge in [-0.1, -0.05) is 16.8 Å². The van der Waals surface area contributed by atoms with E-state index in [4.69, 9.17) is 16.3 Å². The zero-order valence-electron chi connectivity index (χ0n) is 12.9. The van der Waals surface area contributed by atoms with E-state index in [0.717, 1.165) is 5.69 Å². The maximum absolute atomic E-state index is 12.4. The number of aromatic nitrogens is 5. The fraction of sp³-hybridized carbons (Fsp3) is 0.200. The Morgan fingerprint density at radius 1 is 1.16 bits per heavy atom. The second kappa shape index (κ2) is 7.39. The first-order valence-corrected chi connectivity index (χ1v) is 7.48. The molecule has 0 N–H and O–H groups in total. The van der Waals surface area contributed by atoms with E-state index in [1.54, 1.807) is 24.4 Å². The molecule has 2 heterocycles. The summed E-state index contributed by atoms with van der Waals surface area (Å²) in [4.78, 5) is 0. The Morgan fingerprint density at radius 3 is 2.72 bits per heavy atom. The quantitative estimate of drug-likeness (QED) is 0.666. The van der Waals surface area contributed by atoms with Crippen molar-refractivity contribution in [1.29, 1.82) is 0 Å². The van der Waals surface area contributed by atoms with E-state index in [-0.39, 0.29) is 17.4 Å². The largest absolute Gasteiger partial charge is 0.470 e. The first kappa shape index (κ1) is 17.0. The van der Waals surface area contributed by atoms with Crippen LogP contribution in [0.1, 0.15) is 11.4 Å². The lowest BCUT2D eigenvalue weighted by molar-refractivity contribution is -0.0497. The van der Waals surface area contributed by atoms with E-state index in [9.17, 15) is 8.78 Å². The van der Waals surface area contributed by atoms with Crippen molar-refractivity contribution in [3.63, 3.8) is 0 Å². The Balaban J connectivity index is 1.71. The smallest absolute Gasteiger partial charge is 0.387 e. The molecule has 0 aliphatic carbocycles. The predicted octanol–water partition coefficient (Wildman–Crippen LogP) is 3.20. The second-order valence-corrected chi connectivity index (χ2v) is 5.36. The van der Waals surface area contributed by atoms with E-state index in [1.165, 1.54) is 16.8 Å². The van der Waals surface area contributed by atoms with Crippen molar-refractivity contribution in [2.24, 2.45) is 0 Å². The third-order valence-corrected chi connectivity index (χ3v) is 3.39. The third-order valence-electron chi connectivity index (χ3n) is 3.08. The monoisotopic (exact) mass is 367 g/mol. The summed E-state index contributed by atoms with van der Waals surface area (Å²) >= 11 is 5.83. The summed E-state index contributed by atoms with van der Waals surface area (Å²) < 4.78 is 36.0. The summed E-state index contributed by atoms with van der Waals surface area (Å²) in [6.45, 7) is -1.02. The van der Waals surface area contributed by atoms with Crippen molar-refractivity contribution in [2.45, 2.75) is 20.1 Å². The molecule has 2 aromatic heterocycles. The molecule has 3 rings (SSSR count). The summed E-state index contributed by atoms with van der Waals surface area (Å²) in [5.41, 5.74) is 1.77. The highest BCUT2D eigenvalue weighted by Gasteiger charge is 2.11. The Hall–Kier alpha value is -2.81. The van der Waals surface area contributed by atoms with Crippen LogP contribution in [-0.2, 0) is 6.61 Å². The highest BCUT2D eigenvalue weighted by atomic mass is 35.5. The number of halogens is 3. The van der Waals surface area contributed by atoms with Crippen LogP contribution in [-0.4, -0.2) is 31.8 Å². The zero-order chi connectivity index (χ0) is 17.8. The average Bonchev–Trinajstić information content (AvgIpc) is 3.05. The molecule has 1 aromatic carbocycles. The van der Waals surface area contributed by atoms with Crippen molar-refractivity contribution in [1.82, 2.24) is 25.2 Å². The minimum Gasteiger partial charge on any atom is -0.470 e. The van der Waals surface area contributed by atoms with Crippen LogP contribution in [0.2, 0.25) is 5.02 Å². The van der Waals surface area contributed by atoms with Crippen molar-refractivity contribution in [2.75, 3.05) is 0 Å². The van der Waals surface area contributed by atoms with Crippen LogP contribution in [0.25, 0.3) is 5.69 Å². The fourth-order valence-corrected chi connectivity index (χ4v) is 2.09. The maximum Gasteiger partial charge on any atom is 0.387 e. The zero-order valence-corrected chi connectivity index (χ0v) is 13.7. The summed E-state index contributed by atoms with van der Waals surface area (Å²) in [6.07, 6.45) is 1.59. The first-order chi connectivity index (χ1) is 12.0. The van der Waals surface area contributed by atoms with Gasteiger partial charge in [-0.2, -0.15) is 13.9 Å². The molecule has 0 saturated carbocycles. The summed E-state index contributed by atoms with van der Waals surface area (Å²) in [6, 6.07) is 7.86. The molecule has 3 aromatic rings. The van der Waals surface area contributed by atoms with E-state index in [0.29, 0.717) is 17.3 Å². The van der Waals surface area contributed by atoms with E-state index in [1.807, 2.05) is 6.92 Å². The molecular formula is C15H12ClF2N5O2. The van der Waals surface area contributed by atoms with Gasteiger partial charge >= 0.3 is 6.61 Å². The van der Waals surface area contributed by atoms with E-state index >= 15 is 0 Å². The molecule has 0 fully saturated rings. The molecule has 0 aliphatic rings. The van der Waals surface area contributed by atoms with Gasteiger partial charge in [0.05, 0.1) is 22.6 Å². The molecule has 0 bridgehead atoms. The normalized spacial score (nSPS) is 10.9. The highest BCUT2D eigenvalue weighted by molar-refractivity contribution is 6.32. The van der Waals surface area contributed by atoms with Crippen LogP contribution < -0.4 is 9.47 Å². The molecule has 0 unspecified atom stereocenters. The lowest BCUT2D eigenvalue weighted by Gasteiger charge is -2.08. The van der Waals surface area contributed by atoms with E-state index in [2.05, 4.69) is 25.2 Å². The fourth-order valence-electron chi connectivity index (χ4n) is 1.92. The number of nitrogens with zero attached hydrogens (tertiary/aromatic N) is 5. The number of ether oxygens (including phenoxy) is 2. The van der Waals surface area contributed by atoms with Gasteiger partial charge in [0.25, 0.3) is 0 Å². The number of rotatable bonds is 6. The van der Waals surface area contributed by atoms with Crippen molar-refractivity contribution >= 4 is 11.6 Å². The molecule has 0 atom stereocenters. The Bertz CT molecular complexity index is 857. The molecule has 10 heteroatoms. The van der Waals surface area contributed by atoms with Crippen LogP contribution in [0.5, 0.6) is 11.6 Å². The van der Waals surface area contributed by atoms with Gasteiger partial charge in [0.2, 0.25) is 5.88 Å². The van der Waals surface area contributed by atoms with Crippen LogP contribution in [0.3, 0.4) is 0 Å². The lowest BCUT2D eigenvalue weighted by atomic mass is 10.3. The highest BCUT2D eigenvalue weighted by Crippen LogP contribution is 2.28. The number of benzene rings is 1. The molecule has 0 saturated heterocycles. The standard InChI is InChI=1S/C15H12ClF2N5O2/c1-9-2-5-14(21-19-9)24-8-10-7-23(22-20-10)11-3-4-12(16)13(6-11)25-15(17)18/h2-7,15H,8H2,1H3. The molecule has 0 spiro atoms. The molecule has 0 amide bonds. The SMILES string of the molecule is Cc1ccc(OCc2cn(-c3ccc(Cl)c(OC(F)F)c3)nn2)nn1. The summed E-state index contributed by atoms with van der Waals surface area (Å²) in [7, 11) is 0. The van der Waals surface area contributed by atoms with Gasteiger partial charge in [-0.15, -0.1) is 10.2 Å².